The Morgan fingerprint density at radius 3 is 2.68 bits per heavy atom. The first kappa shape index (κ1) is 16.9. The van der Waals surface area contributed by atoms with Gasteiger partial charge >= 0.3 is 0 Å². The monoisotopic (exact) mass is 338 g/mol. The lowest BCUT2D eigenvalue weighted by Crippen LogP contribution is -2.31. The third-order valence-corrected chi connectivity index (χ3v) is 4.10. The van der Waals surface area contributed by atoms with Gasteiger partial charge in [0, 0.05) is 22.4 Å². The molecule has 1 heterocycles. The Kier molecular flexibility index (Phi) is 5.91. The molecule has 0 radical (unpaired) electrons. The number of nitrogens with one attached hydrogen (secondary N) is 1. The van der Waals surface area contributed by atoms with Crippen molar-refractivity contribution in [1.29, 1.82) is 0 Å². The smallest absolute Gasteiger partial charge is 0.230 e. The summed E-state index contributed by atoms with van der Waals surface area (Å²) in [5.74, 6) is 2.46. The first-order valence-electron chi connectivity index (χ1n) is 7.05. The highest BCUT2D eigenvalue weighted by Crippen LogP contribution is 2.25. The lowest BCUT2D eigenvalue weighted by atomic mass is 10.2. The van der Waals surface area contributed by atoms with Crippen molar-refractivity contribution in [1.82, 2.24) is 10.3 Å². The van der Waals surface area contributed by atoms with E-state index in [1.165, 1.54) is 11.8 Å². The molecular formula is C16H19ClN2O2S. The van der Waals surface area contributed by atoms with Crippen LogP contribution in [-0.4, -0.2) is 22.7 Å². The highest BCUT2D eigenvalue weighted by molar-refractivity contribution is 7.99. The molecule has 0 aliphatic heterocycles. The average molecular weight is 339 g/mol. The molecule has 0 bridgehead atoms. The minimum atomic E-state index is 0.0408. The molecular weight excluding hydrogens is 320 g/mol. The summed E-state index contributed by atoms with van der Waals surface area (Å²) in [6, 6.07) is 7.53. The fourth-order valence-corrected chi connectivity index (χ4v) is 2.84. The predicted molar refractivity (Wildman–Crippen MR) is 91.1 cm³/mol. The molecule has 2 rings (SSSR count). The van der Waals surface area contributed by atoms with Gasteiger partial charge < -0.3 is 9.73 Å². The number of aromatic nitrogens is 1. The molecule has 0 atom stereocenters. The molecule has 0 aliphatic rings. The van der Waals surface area contributed by atoms with Crippen molar-refractivity contribution in [3.05, 3.63) is 40.7 Å². The Morgan fingerprint density at radius 2 is 2.05 bits per heavy atom. The first-order chi connectivity index (χ1) is 10.5. The van der Waals surface area contributed by atoms with Crippen LogP contribution in [0.1, 0.15) is 25.3 Å². The van der Waals surface area contributed by atoms with Crippen molar-refractivity contribution in [3.63, 3.8) is 0 Å². The van der Waals surface area contributed by atoms with Crippen molar-refractivity contribution >= 4 is 29.3 Å². The van der Waals surface area contributed by atoms with E-state index in [0.29, 0.717) is 22.4 Å². The van der Waals surface area contributed by atoms with Crippen LogP contribution in [-0.2, 0) is 10.5 Å². The zero-order valence-corrected chi connectivity index (χ0v) is 14.4. The van der Waals surface area contributed by atoms with Crippen LogP contribution in [0.4, 0.5) is 0 Å². The number of thioether (sulfide) groups is 1. The summed E-state index contributed by atoms with van der Waals surface area (Å²) >= 11 is 7.40. The van der Waals surface area contributed by atoms with Crippen LogP contribution in [0.2, 0.25) is 5.02 Å². The van der Waals surface area contributed by atoms with E-state index in [2.05, 4.69) is 10.3 Å². The third-order valence-electron chi connectivity index (χ3n) is 2.91. The molecule has 1 aromatic heterocycles. The Bertz CT molecular complexity index is 638. The van der Waals surface area contributed by atoms with E-state index >= 15 is 0 Å². The Morgan fingerprint density at radius 1 is 1.36 bits per heavy atom. The molecule has 0 saturated heterocycles. The Labute approximate surface area is 139 Å². The molecule has 0 spiro atoms. The van der Waals surface area contributed by atoms with Crippen LogP contribution >= 0.6 is 23.4 Å². The number of carbonyl (C=O) groups excluding carboxylic acids is 1. The molecule has 6 heteroatoms. The van der Waals surface area contributed by atoms with Crippen LogP contribution in [0, 0.1) is 6.92 Å². The summed E-state index contributed by atoms with van der Waals surface area (Å²) in [6.07, 6.45) is 0. The van der Waals surface area contributed by atoms with E-state index in [1.807, 2.05) is 32.9 Å². The number of oxazole rings is 1. The van der Waals surface area contributed by atoms with Crippen LogP contribution in [0.15, 0.2) is 28.7 Å². The number of nitrogens with zero attached hydrogens (tertiary/aromatic N) is 1. The van der Waals surface area contributed by atoms with E-state index in [9.17, 15) is 4.79 Å². The van der Waals surface area contributed by atoms with Gasteiger partial charge in [-0.15, -0.1) is 11.8 Å². The van der Waals surface area contributed by atoms with Crippen molar-refractivity contribution in [2.75, 3.05) is 5.75 Å². The number of rotatable bonds is 6. The fraction of sp³-hybridized carbons (Fsp3) is 0.375. The Hall–Kier alpha value is -1.46. The van der Waals surface area contributed by atoms with Gasteiger partial charge in [0.1, 0.15) is 5.76 Å². The third kappa shape index (κ3) is 4.78. The summed E-state index contributed by atoms with van der Waals surface area (Å²) in [5, 5.41) is 3.54. The zero-order valence-electron chi connectivity index (χ0n) is 12.9. The van der Waals surface area contributed by atoms with Crippen LogP contribution in [0.3, 0.4) is 0 Å². The molecule has 118 valence electrons. The van der Waals surface area contributed by atoms with Gasteiger partial charge in [-0.2, -0.15) is 0 Å². The molecule has 2 aromatic rings. The molecule has 1 amide bonds. The molecule has 0 unspecified atom stereocenters. The van der Waals surface area contributed by atoms with Gasteiger partial charge in [0.2, 0.25) is 11.8 Å². The maximum Gasteiger partial charge on any atom is 0.230 e. The second-order valence-electron chi connectivity index (χ2n) is 5.24. The number of hydrogen-bond donors (Lipinski definition) is 1. The van der Waals surface area contributed by atoms with E-state index in [1.54, 1.807) is 12.1 Å². The number of amides is 1. The number of benzene rings is 1. The van der Waals surface area contributed by atoms with E-state index in [0.717, 1.165) is 17.0 Å². The van der Waals surface area contributed by atoms with Gasteiger partial charge in [-0.3, -0.25) is 4.79 Å². The first-order valence-corrected chi connectivity index (χ1v) is 8.58. The maximum atomic E-state index is 11.6. The second kappa shape index (κ2) is 7.70. The van der Waals surface area contributed by atoms with Gasteiger partial charge in [-0.25, -0.2) is 4.98 Å². The van der Waals surface area contributed by atoms with E-state index in [-0.39, 0.29) is 11.9 Å². The summed E-state index contributed by atoms with van der Waals surface area (Å²) < 4.78 is 5.69. The van der Waals surface area contributed by atoms with Crippen LogP contribution in [0.25, 0.3) is 11.5 Å². The maximum absolute atomic E-state index is 11.6. The highest BCUT2D eigenvalue weighted by atomic mass is 35.5. The normalized spacial score (nSPS) is 11.0. The van der Waals surface area contributed by atoms with E-state index in [4.69, 9.17) is 16.0 Å². The summed E-state index contributed by atoms with van der Waals surface area (Å²) in [5.41, 5.74) is 1.76. The van der Waals surface area contributed by atoms with Gasteiger partial charge in [0.05, 0.1) is 11.4 Å². The van der Waals surface area contributed by atoms with Crippen molar-refractivity contribution < 1.29 is 9.21 Å². The SMILES string of the molecule is Cc1oc(-c2ccc(Cl)cc2)nc1CSCC(=O)NC(C)C. The molecule has 0 saturated carbocycles. The molecule has 0 aliphatic carbocycles. The predicted octanol–water partition coefficient (Wildman–Crippen LogP) is 4.06. The molecule has 22 heavy (non-hydrogen) atoms. The number of halogens is 1. The minimum Gasteiger partial charge on any atom is -0.441 e. The van der Waals surface area contributed by atoms with Gasteiger partial charge in [-0.1, -0.05) is 11.6 Å². The summed E-state index contributed by atoms with van der Waals surface area (Å²) in [6.45, 7) is 5.78. The highest BCUT2D eigenvalue weighted by Gasteiger charge is 2.12. The van der Waals surface area contributed by atoms with Crippen molar-refractivity contribution in [2.45, 2.75) is 32.6 Å². The van der Waals surface area contributed by atoms with Crippen LogP contribution < -0.4 is 5.32 Å². The molecule has 1 N–H and O–H groups in total. The molecule has 0 fully saturated rings. The Balaban J connectivity index is 1.95. The topological polar surface area (TPSA) is 55.1 Å². The lowest BCUT2D eigenvalue weighted by molar-refractivity contribution is -0.119. The van der Waals surface area contributed by atoms with Gasteiger partial charge in [0.15, 0.2) is 0 Å². The van der Waals surface area contributed by atoms with Crippen molar-refractivity contribution in [2.24, 2.45) is 0 Å². The lowest BCUT2D eigenvalue weighted by Gasteiger charge is -2.07. The largest absolute Gasteiger partial charge is 0.441 e. The second-order valence-corrected chi connectivity index (χ2v) is 6.67. The number of carbonyl (C=O) groups is 1. The summed E-state index contributed by atoms with van der Waals surface area (Å²) in [4.78, 5) is 16.1. The number of hydrogen-bond acceptors (Lipinski definition) is 4. The standard InChI is InChI=1S/C16H19ClN2O2S/c1-10(2)18-15(20)9-22-8-14-11(3)21-16(19-14)12-4-6-13(17)7-5-12/h4-7,10H,8-9H2,1-3H3,(H,18,20). The quantitative estimate of drug-likeness (QED) is 0.862. The average Bonchev–Trinajstić information content (AvgIpc) is 2.80. The summed E-state index contributed by atoms with van der Waals surface area (Å²) in [7, 11) is 0. The van der Waals surface area contributed by atoms with Gasteiger partial charge in [-0.05, 0) is 45.0 Å². The molecule has 4 nitrogen and oxygen atoms in total. The number of aryl methyl sites for hydroxylation is 1. The fourth-order valence-electron chi connectivity index (χ4n) is 1.88. The minimum absolute atomic E-state index is 0.0408. The van der Waals surface area contributed by atoms with Crippen molar-refractivity contribution in [3.8, 4) is 11.5 Å². The van der Waals surface area contributed by atoms with Gasteiger partial charge in [0.25, 0.3) is 0 Å². The molecule has 1 aromatic carbocycles. The van der Waals surface area contributed by atoms with E-state index < -0.39 is 0 Å². The van der Waals surface area contributed by atoms with Crippen LogP contribution in [0.5, 0.6) is 0 Å². The zero-order chi connectivity index (χ0) is 16.1.